The van der Waals surface area contributed by atoms with Crippen LogP contribution in [0.5, 0.6) is 0 Å². The standard InChI is InChI=1S/C52H34N2S/c1-4-14-35(15-5-1)36-26-28-37(29-27-36)40-20-12-21-41(30-40)42-31-43(45-23-13-24-47-46-22-10-11-25-50(46)55-51(45)47)33-44(32-42)49-34-48(38-16-6-2-7-17-38)53-52(54-49)39-18-8-3-9-19-39/h1-34H. The normalized spacial score (nSPS) is 11.3. The second-order valence-electron chi connectivity index (χ2n) is 13.8. The lowest BCUT2D eigenvalue weighted by molar-refractivity contribution is 1.18. The van der Waals surface area contributed by atoms with Gasteiger partial charge in [0.05, 0.1) is 11.4 Å². The molecule has 2 heterocycles. The zero-order valence-corrected chi connectivity index (χ0v) is 30.7. The Morgan fingerprint density at radius 1 is 0.291 bits per heavy atom. The number of rotatable bonds is 7. The first-order valence-corrected chi connectivity index (χ1v) is 19.4. The Balaban J connectivity index is 1.16. The van der Waals surface area contributed by atoms with Crippen LogP contribution in [-0.4, -0.2) is 9.97 Å². The molecule has 2 nitrogen and oxygen atoms in total. The summed E-state index contributed by atoms with van der Waals surface area (Å²) in [5.41, 5.74) is 14.3. The maximum absolute atomic E-state index is 5.26. The highest BCUT2D eigenvalue weighted by Crippen LogP contribution is 2.42. The first-order valence-electron chi connectivity index (χ1n) is 18.6. The lowest BCUT2D eigenvalue weighted by Crippen LogP contribution is -1.96. The molecule has 258 valence electrons. The third kappa shape index (κ3) is 6.41. The monoisotopic (exact) mass is 718 g/mol. The van der Waals surface area contributed by atoms with E-state index in [4.69, 9.17) is 9.97 Å². The summed E-state index contributed by atoms with van der Waals surface area (Å²) in [4.78, 5) is 10.3. The highest BCUT2D eigenvalue weighted by molar-refractivity contribution is 7.26. The van der Waals surface area contributed by atoms with E-state index in [1.54, 1.807) is 0 Å². The summed E-state index contributed by atoms with van der Waals surface area (Å²) in [5, 5.41) is 2.58. The molecule has 3 heteroatoms. The van der Waals surface area contributed by atoms with E-state index in [9.17, 15) is 0 Å². The van der Waals surface area contributed by atoms with Gasteiger partial charge in [0.15, 0.2) is 5.82 Å². The molecule has 0 saturated heterocycles. The molecule has 8 aromatic carbocycles. The lowest BCUT2D eigenvalue weighted by Gasteiger charge is -2.14. The summed E-state index contributed by atoms with van der Waals surface area (Å²) >= 11 is 1.86. The zero-order valence-electron chi connectivity index (χ0n) is 29.9. The molecule has 10 aromatic rings. The van der Waals surface area contributed by atoms with E-state index in [0.29, 0.717) is 5.82 Å². The first-order chi connectivity index (χ1) is 27.2. The average Bonchev–Trinajstić information content (AvgIpc) is 3.66. The Bertz CT molecular complexity index is 2890. The molecule has 0 radical (unpaired) electrons. The van der Waals surface area contributed by atoms with Gasteiger partial charge in [0.25, 0.3) is 0 Å². The fourth-order valence-corrected chi connectivity index (χ4v) is 8.74. The van der Waals surface area contributed by atoms with Crippen molar-refractivity contribution >= 4 is 31.5 Å². The van der Waals surface area contributed by atoms with E-state index in [1.165, 1.54) is 48.0 Å². The van der Waals surface area contributed by atoms with Crippen LogP contribution < -0.4 is 0 Å². The molecular weight excluding hydrogens is 685 g/mol. The largest absolute Gasteiger partial charge is 0.228 e. The van der Waals surface area contributed by atoms with Crippen LogP contribution in [0.4, 0.5) is 0 Å². The summed E-state index contributed by atoms with van der Waals surface area (Å²) in [6.07, 6.45) is 0. The van der Waals surface area contributed by atoms with E-state index in [1.807, 2.05) is 35.6 Å². The van der Waals surface area contributed by atoms with Gasteiger partial charge in [-0.1, -0.05) is 170 Å². The quantitative estimate of drug-likeness (QED) is 0.164. The smallest absolute Gasteiger partial charge is 0.160 e. The van der Waals surface area contributed by atoms with Gasteiger partial charge in [-0.05, 0) is 80.9 Å². The average molecular weight is 719 g/mol. The third-order valence-corrected chi connectivity index (χ3v) is 11.5. The summed E-state index contributed by atoms with van der Waals surface area (Å²) in [5.74, 6) is 0.705. The van der Waals surface area contributed by atoms with Crippen LogP contribution in [0.1, 0.15) is 0 Å². The van der Waals surface area contributed by atoms with E-state index in [0.717, 1.165) is 44.8 Å². The number of thiophene rings is 1. The number of benzene rings is 8. The number of hydrogen-bond acceptors (Lipinski definition) is 3. The molecule has 0 aliphatic heterocycles. The molecule has 0 spiro atoms. The molecule has 0 atom stereocenters. The SMILES string of the molecule is c1ccc(-c2ccc(-c3cccc(-c4cc(-c5cc(-c6ccccc6)nc(-c6ccccc6)n5)cc(-c5cccc6c5sc5ccccc56)c4)c3)cc2)cc1. The molecule has 0 N–H and O–H groups in total. The topological polar surface area (TPSA) is 25.8 Å². The zero-order chi connectivity index (χ0) is 36.6. The first kappa shape index (κ1) is 32.7. The van der Waals surface area contributed by atoms with Gasteiger partial charge < -0.3 is 0 Å². The molecule has 0 aliphatic rings. The maximum Gasteiger partial charge on any atom is 0.160 e. The van der Waals surface area contributed by atoms with Crippen molar-refractivity contribution in [1.29, 1.82) is 0 Å². The van der Waals surface area contributed by atoms with Crippen LogP contribution in [0, 0.1) is 0 Å². The Morgan fingerprint density at radius 2 is 0.764 bits per heavy atom. The third-order valence-electron chi connectivity index (χ3n) is 10.3. The molecule has 0 amide bonds. The minimum Gasteiger partial charge on any atom is -0.228 e. The number of nitrogens with zero attached hydrogens (tertiary/aromatic N) is 2. The number of aromatic nitrogens is 2. The second-order valence-corrected chi connectivity index (χ2v) is 14.8. The van der Waals surface area contributed by atoms with Crippen molar-refractivity contribution in [1.82, 2.24) is 9.97 Å². The van der Waals surface area contributed by atoms with Crippen molar-refractivity contribution in [3.63, 3.8) is 0 Å². The summed E-state index contributed by atoms with van der Waals surface area (Å²) in [7, 11) is 0. The van der Waals surface area contributed by atoms with Gasteiger partial charge in [0.2, 0.25) is 0 Å². The Hall–Kier alpha value is -6.94. The molecule has 55 heavy (non-hydrogen) atoms. The van der Waals surface area contributed by atoms with Crippen molar-refractivity contribution in [2.45, 2.75) is 0 Å². The van der Waals surface area contributed by atoms with Crippen LogP contribution in [-0.2, 0) is 0 Å². The summed E-state index contributed by atoms with van der Waals surface area (Å²) in [6, 6.07) is 73.5. The molecule has 2 aromatic heterocycles. The Morgan fingerprint density at radius 3 is 1.49 bits per heavy atom. The van der Waals surface area contributed by atoms with E-state index >= 15 is 0 Å². The van der Waals surface area contributed by atoms with Crippen molar-refractivity contribution < 1.29 is 0 Å². The minimum absolute atomic E-state index is 0.705. The van der Waals surface area contributed by atoms with Gasteiger partial charge in [-0.2, -0.15) is 0 Å². The van der Waals surface area contributed by atoms with Gasteiger partial charge in [-0.3, -0.25) is 0 Å². The highest BCUT2D eigenvalue weighted by Gasteiger charge is 2.16. The lowest BCUT2D eigenvalue weighted by atomic mass is 9.92. The Labute approximate surface area is 324 Å². The Kier molecular flexibility index (Phi) is 8.40. The molecule has 0 saturated carbocycles. The number of hydrogen-bond donors (Lipinski definition) is 0. The summed E-state index contributed by atoms with van der Waals surface area (Å²) < 4.78 is 2.58. The molecule has 0 aliphatic carbocycles. The van der Waals surface area contributed by atoms with Crippen molar-refractivity contribution in [3.8, 4) is 78.4 Å². The van der Waals surface area contributed by atoms with Crippen LogP contribution in [0.15, 0.2) is 206 Å². The van der Waals surface area contributed by atoms with Crippen LogP contribution in [0.2, 0.25) is 0 Å². The van der Waals surface area contributed by atoms with E-state index in [-0.39, 0.29) is 0 Å². The molecular formula is C52H34N2S. The van der Waals surface area contributed by atoms with Gasteiger partial charge in [0, 0.05) is 36.9 Å². The van der Waals surface area contributed by atoms with Gasteiger partial charge >= 0.3 is 0 Å². The highest BCUT2D eigenvalue weighted by atomic mass is 32.1. The fourth-order valence-electron chi connectivity index (χ4n) is 7.50. The predicted molar refractivity (Wildman–Crippen MR) is 233 cm³/mol. The van der Waals surface area contributed by atoms with Crippen LogP contribution >= 0.6 is 11.3 Å². The van der Waals surface area contributed by atoms with Gasteiger partial charge in [-0.25, -0.2) is 9.97 Å². The minimum atomic E-state index is 0.705. The van der Waals surface area contributed by atoms with Crippen molar-refractivity contribution in [2.24, 2.45) is 0 Å². The van der Waals surface area contributed by atoms with Gasteiger partial charge in [0.1, 0.15) is 0 Å². The second kappa shape index (κ2) is 14.1. The molecule has 10 rings (SSSR count). The van der Waals surface area contributed by atoms with Crippen molar-refractivity contribution in [3.05, 3.63) is 206 Å². The number of fused-ring (bicyclic) bond motifs is 3. The van der Waals surface area contributed by atoms with E-state index in [2.05, 4.69) is 182 Å². The predicted octanol–water partition coefficient (Wildman–Crippen LogP) is 14.5. The molecule has 0 fully saturated rings. The van der Waals surface area contributed by atoms with Crippen LogP contribution in [0.3, 0.4) is 0 Å². The van der Waals surface area contributed by atoms with E-state index < -0.39 is 0 Å². The fraction of sp³-hybridized carbons (Fsp3) is 0. The molecule has 0 bridgehead atoms. The van der Waals surface area contributed by atoms with Crippen LogP contribution in [0.25, 0.3) is 98.6 Å². The van der Waals surface area contributed by atoms with Gasteiger partial charge in [-0.15, -0.1) is 11.3 Å². The summed E-state index contributed by atoms with van der Waals surface area (Å²) in [6.45, 7) is 0. The van der Waals surface area contributed by atoms with Crippen molar-refractivity contribution in [2.75, 3.05) is 0 Å². The maximum atomic E-state index is 5.26. The molecule has 0 unspecified atom stereocenters.